The molecule has 0 radical (unpaired) electrons. The lowest BCUT2D eigenvalue weighted by molar-refractivity contribution is 0.105. The van der Waals surface area contributed by atoms with Gasteiger partial charge in [-0.2, -0.15) is 0 Å². The first-order valence-electron chi connectivity index (χ1n) is 9.11. The van der Waals surface area contributed by atoms with Crippen molar-refractivity contribution in [1.29, 1.82) is 0 Å². The lowest BCUT2D eigenvalue weighted by Crippen LogP contribution is -2.04. The van der Waals surface area contributed by atoms with Crippen molar-refractivity contribution in [1.82, 2.24) is 20.0 Å². The molecule has 2 aromatic carbocycles. The summed E-state index contributed by atoms with van der Waals surface area (Å²) in [6.45, 7) is 0.359. The molecule has 0 aliphatic rings. The lowest BCUT2D eigenvalue weighted by Gasteiger charge is -2.08. The SMILES string of the molecule is O=C(C#Cc1nnn(Cc2cc(Cl)cc(Cl)c2)c1-c1cccnc1)c1ccccc1Cl. The van der Waals surface area contributed by atoms with E-state index >= 15 is 0 Å². The number of pyridine rings is 1. The Labute approximate surface area is 193 Å². The van der Waals surface area contributed by atoms with Crippen LogP contribution < -0.4 is 0 Å². The number of benzene rings is 2. The van der Waals surface area contributed by atoms with Crippen molar-refractivity contribution in [2.24, 2.45) is 0 Å². The molecular formula is C23H13Cl3N4O. The number of aromatic nitrogens is 4. The van der Waals surface area contributed by atoms with Gasteiger partial charge in [-0.05, 0) is 59.9 Å². The van der Waals surface area contributed by atoms with Crippen LogP contribution in [0.3, 0.4) is 0 Å². The van der Waals surface area contributed by atoms with Gasteiger partial charge in [0, 0.05) is 33.6 Å². The number of rotatable bonds is 4. The third kappa shape index (κ3) is 4.95. The summed E-state index contributed by atoms with van der Waals surface area (Å²) in [6, 6.07) is 15.7. The third-order valence-electron chi connectivity index (χ3n) is 4.34. The number of nitrogens with zero attached hydrogens (tertiary/aromatic N) is 4. The molecule has 0 aliphatic carbocycles. The van der Waals surface area contributed by atoms with Crippen LogP contribution in [0.5, 0.6) is 0 Å². The molecule has 0 aliphatic heterocycles. The maximum absolute atomic E-state index is 12.5. The van der Waals surface area contributed by atoms with E-state index in [0.717, 1.165) is 11.1 Å². The highest BCUT2D eigenvalue weighted by molar-refractivity contribution is 6.35. The number of carbonyl (C=O) groups is 1. The van der Waals surface area contributed by atoms with Crippen LogP contribution in [0.1, 0.15) is 21.6 Å². The molecular weight excluding hydrogens is 455 g/mol. The van der Waals surface area contributed by atoms with Gasteiger partial charge in [0.25, 0.3) is 0 Å². The van der Waals surface area contributed by atoms with Crippen LogP contribution in [-0.2, 0) is 6.54 Å². The topological polar surface area (TPSA) is 60.7 Å². The number of ketones is 1. The average molecular weight is 468 g/mol. The molecule has 0 saturated carbocycles. The Kier molecular flexibility index (Phi) is 6.34. The molecule has 0 unspecified atom stereocenters. The van der Waals surface area contributed by atoms with E-state index in [1.165, 1.54) is 0 Å². The molecule has 0 fully saturated rings. The van der Waals surface area contributed by atoms with Crippen LogP contribution in [0.15, 0.2) is 67.0 Å². The first kappa shape index (κ1) is 21.1. The molecule has 8 heteroatoms. The van der Waals surface area contributed by atoms with Crippen LogP contribution >= 0.6 is 34.8 Å². The van der Waals surface area contributed by atoms with Gasteiger partial charge in [-0.3, -0.25) is 9.78 Å². The highest BCUT2D eigenvalue weighted by Crippen LogP contribution is 2.24. The third-order valence-corrected chi connectivity index (χ3v) is 5.10. The summed E-state index contributed by atoms with van der Waals surface area (Å²) in [4.78, 5) is 16.7. The molecule has 4 aromatic rings. The van der Waals surface area contributed by atoms with E-state index < -0.39 is 5.78 Å². The summed E-state index contributed by atoms with van der Waals surface area (Å²) in [5.41, 5.74) is 2.92. The van der Waals surface area contributed by atoms with Crippen LogP contribution in [0, 0.1) is 11.8 Å². The molecule has 152 valence electrons. The Morgan fingerprint density at radius 2 is 1.77 bits per heavy atom. The number of hydrogen-bond acceptors (Lipinski definition) is 4. The van der Waals surface area contributed by atoms with Crippen LogP contribution in [0.2, 0.25) is 15.1 Å². The normalized spacial score (nSPS) is 10.4. The molecule has 5 nitrogen and oxygen atoms in total. The van der Waals surface area contributed by atoms with Gasteiger partial charge >= 0.3 is 0 Å². The van der Waals surface area contributed by atoms with Gasteiger partial charge in [-0.1, -0.05) is 52.1 Å². The molecule has 2 aromatic heterocycles. The zero-order chi connectivity index (χ0) is 21.8. The lowest BCUT2D eigenvalue weighted by atomic mass is 10.1. The van der Waals surface area contributed by atoms with E-state index in [0.29, 0.717) is 38.6 Å². The summed E-state index contributed by atoms with van der Waals surface area (Å²) >= 11 is 18.3. The highest BCUT2D eigenvalue weighted by atomic mass is 35.5. The summed E-state index contributed by atoms with van der Waals surface area (Å²) in [5, 5.41) is 9.80. The molecule has 2 heterocycles. The van der Waals surface area contributed by atoms with Crippen LogP contribution in [0.25, 0.3) is 11.3 Å². The standard InChI is InChI=1S/C23H13Cl3N4O/c24-17-10-15(11-18(25)12-17)14-30-23(16-4-3-9-27-13-16)21(28-29-30)7-8-22(31)19-5-1-2-6-20(19)26/h1-6,9-13H,14H2. The van der Waals surface area contributed by atoms with E-state index in [4.69, 9.17) is 34.8 Å². The number of hydrogen-bond donors (Lipinski definition) is 0. The quantitative estimate of drug-likeness (QED) is 0.290. The van der Waals surface area contributed by atoms with Gasteiger partial charge in [0.15, 0.2) is 5.69 Å². The summed E-state index contributed by atoms with van der Waals surface area (Å²) < 4.78 is 1.67. The smallest absolute Gasteiger partial charge is 0.237 e. The Bertz CT molecular complexity index is 1300. The molecule has 0 amide bonds. The Morgan fingerprint density at radius 3 is 2.48 bits per heavy atom. The van der Waals surface area contributed by atoms with Crippen LogP contribution in [-0.4, -0.2) is 25.8 Å². The fourth-order valence-corrected chi connectivity index (χ4v) is 3.79. The Morgan fingerprint density at radius 1 is 1.00 bits per heavy atom. The van der Waals surface area contributed by atoms with E-state index in [2.05, 4.69) is 27.1 Å². The van der Waals surface area contributed by atoms with Gasteiger partial charge in [-0.15, -0.1) is 5.10 Å². The van der Waals surface area contributed by atoms with Crippen molar-refractivity contribution in [3.05, 3.63) is 98.9 Å². The van der Waals surface area contributed by atoms with Crippen molar-refractivity contribution in [3.8, 4) is 23.1 Å². The van der Waals surface area contributed by atoms with E-state index in [-0.39, 0.29) is 0 Å². The fourth-order valence-electron chi connectivity index (χ4n) is 3.00. The predicted molar refractivity (Wildman–Crippen MR) is 121 cm³/mol. The zero-order valence-corrected chi connectivity index (χ0v) is 18.2. The molecule has 0 spiro atoms. The van der Waals surface area contributed by atoms with Gasteiger partial charge in [-0.25, -0.2) is 4.68 Å². The minimum atomic E-state index is -0.404. The molecule has 31 heavy (non-hydrogen) atoms. The van der Waals surface area contributed by atoms with Crippen molar-refractivity contribution >= 4 is 40.6 Å². The predicted octanol–water partition coefficient (Wildman–Crippen LogP) is 5.58. The molecule has 0 saturated heterocycles. The zero-order valence-electron chi connectivity index (χ0n) is 15.9. The first-order chi connectivity index (χ1) is 15.0. The van der Waals surface area contributed by atoms with Gasteiger partial charge in [0.1, 0.15) is 5.69 Å². The first-order valence-corrected chi connectivity index (χ1v) is 10.2. The molecule has 0 bridgehead atoms. The average Bonchev–Trinajstić information content (AvgIpc) is 3.14. The molecule has 4 rings (SSSR count). The van der Waals surface area contributed by atoms with Crippen molar-refractivity contribution in [2.75, 3.05) is 0 Å². The van der Waals surface area contributed by atoms with E-state index in [1.807, 2.05) is 6.07 Å². The summed E-state index contributed by atoms with van der Waals surface area (Å²) in [6.07, 6.45) is 3.35. The summed E-state index contributed by atoms with van der Waals surface area (Å²) in [5.74, 6) is 5.04. The number of carbonyl (C=O) groups excluding carboxylic acids is 1. The summed E-state index contributed by atoms with van der Waals surface area (Å²) in [7, 11) is 0. The van der Waals surface area contributed by atoms with Gasteiger partial charge < -0.3 is 0 Å². The fraction of sp³-hybridized carbons (Fsp3) is 0.0435. The van der Waals surface area contributed by atoms with Crippen molar-refractivity contribution in [2.45, 2.75) is 6.54 Å². The van der Waals surface area contributed by atoms with Crippen molar-refractivity contribution < 1.29 is 4.79 Å². The second-order valence-electron chi connectivity index (χ2n) is 6.52. The minimum absolute atomic E-state index is 0.334. The van der Waals surface area contributed by atoms with Gasteiger partial charge in [0.2, 0.25) is 5.78 Å². The van der Waals surface area contributed by atoms with E-state index in [1.54, 1.807) is 65.6 Å². The Balaban J connectivity index is 1.74. The second-order valence-corrected chi connectivity index (χ2v) is 7.80. The maximum atomic E-state index is 12.5. The Hall–Kier alpha value is -3.17. The van der Waals surface area contributed by atoms with E-state index in [9.17, 15) is 4.79 Å². The molecule has 0 atom stereocenters. The minimum Gasteiger partial charge on any atom is -0.279 e. The second kappa shape index (κ2) is 9.32. The highest BCUT2D eigenvalue weighted by Gasteiger charge is 2.15. The van der Waals surface area contributed by atoms with Gasteiger partial charge in [0.05, 0.1) is 11.6 Å². The molecule has 0 N–H and O–H groups in total. The van der Waals surface area contributed by atoms with Crippen LogP contribution in [0.4, 0.5) is 0 Å². The van der Waals surface area contributed by atoms with Crippen molar-refractivity contribution in [3.63, 3.8) is 0 Å². The number of Topliss-reactive ketones (excluding diaryl/α,β-unsaturated/α-hetero) is 1. The number of halogens is 3. The monoisotopic (exact) mass is 466 g/mol. The largest absolute Gasteiger partial charge is 0.279 e. The maximum Gasteiger partial charge on any atom is 0.237 e.